The Labute approximate surface area is 173 Å². The molecule has 0 bridgehead atoms. The number of nitro benzene ring substituents is 1. The minimum absolute atomic E-state index is 0. The molecule has 0 amide bonds. The topological polar surface area (TPSA) is 105 Å². The normalized spacial score (nSPS) is 11.9. The van der Waals surface area contributed by atoms with Crippen LogP contribution >= 0.6 is 0 Å². The van der Waals surface area contributed by atoms with Gasteiger partial charge in [-0.1, -0.05) is 0 Å². The molecule has 138 valence electrons. The fraction of sp³-hybridized carbons (Fsp3) is 0.188. The Bertz CT molecular complexity index is 828. The fourth-order valence-electron chi connectivity index (χ4n) is 1.99. The van der Waals surface area contributed by atoms with Crippen molar-refractivity contribution in [1.82, 2.24) is 0 Å². The summed E-state index contributed by atoms with van der Waals surface area (Å²) in [5, 5.41) is 24.3. The van der Waals surface area contributed by atoms with E-state index < -0.39 is 34.4 Å². The number of carbonyl (C=O) groups excluding carboxylic acids is 1. The third-order valence-corrected chi connectivity index (χ3v) is 3.30. The number of halogens is 3. The van der Waals surface area contributed by atoms with Crippen LogP contribution in [0.5, 0.6) is 5.75 Å². The van der Waals surface area contributed by atoms with Crippen molar-refractivity contribution >= 4 is 23.0 Å². The van der Waals surface area contributed by atoms with Gasteiger partial charge in [0.2, 0.25) is 0 Å². The summed E-state index contributed by atoms with van der Waals surface area (Å²) in [6, 6.07) is 7.80. The Morgan fingerprint density at radius 3 is 2.26 bits per heavy atom. The standard InChI is InChI=1S/C16H13F3N2O5.Na/c1-9(15(22)23)26-12-5-3-11(4-6-12)20-13-7-2-10(16(17,18)19)8-14(13)21(24)25;/h2-9,20H,1H3,(H,22,23);/q;+1/p-1. The molecular weight excluding hydrogens is 380 g/mol. The Morgan fingerprint density at radius 2 is 1.78 bits per heavy atom. The zero-order chi connectivity index (χ0) is 19.5. The van der Waals surface area contributed by atoms with Crippen LogP contribution in [0.2, 0.25) is 0 Å². The Kier molecular flexibility index (Phi) is 7.64. The van der Waals surface area contributed by atoms with E-state index in [9.17, 15) is 33.2 Å². The van der Waals surface area contributed by atoms with Gasteiger partial charge in [-0.3, -0.25) is 10.1 Å². The van der Waals surface area contributed by atoms with Gasteiger partial charge in [0.1, 0.15) is 17.5 Å². The second kappa shape index (κ2) is 9.07. The number of carboxylic acids is 1. The van der Waals surface area contributed by atoms with E-state index in [1.807, 2.05) is 0 Å². The molecule has 0 heterocycles. The van der Waals surface area contributed by atoms with Crippen molar-refractivity contribution in [2.45, 2.75) is 19.2 Å². The molecule has 0 saturated heterocycles. The molecule has 0 spiro atoms. The van der Waals surface area contributed by atoms with Crippen LogP contribution in [-0.4, -0.2) is 17.0 Å². The Hall–Kier alpha value is -2.30. The van der Waals surface area contributed by atoms with E-state index >= 15 is 0 Å². The van der Waals surface area contributed by atoms with Crippen LogP contribution in [-0.2, 0) is 11.0 Å². The number of carbonyl (C=O) groups is 1. The molecule has 1 unspecified atom stereocenters. The van der Waals surface area contributed by atoms with E-state index in [0.717, 1.165) is 12.1 Å². The van der Waals surface area contributed by atoms with Gasteiger partial charge in [-0.2, -0.15) is 13.2 Å². The minimum atomic E-state index is -4.70. The fourth-order valence-corrected chi connectivity index (χ4v) is 1.99. The third kappa shape index (κ3) is 6.12. The number of ether oxygens (including phenoxy) is 1. The van der Waals surface area contributed by atoms with Crippen LogP contribution in [0.1, 0.15) is 12.5 Å². The monoisotopic (exact) mass is 392 g/mol. The summed E-state index contributed by atoms with van der Waals surface area (Å²) < 4.78 is 43.1. The van der Waals surface area contributed by atoms with Gasteiger partial charge in [-0.05, 0) is 43.3 Å². The van der Waals surface area contributed by atoms with Crippen molar-refractivity contribution in [3.8, 4) is 5.75 Å². The van der Waals surface area contributed by atoms with Crippen LogP contribution in [0.4, 0.5) is 30.2 Å². The summed E-state index contributed by atoms with van der Waals surface area (Å²) in [5.74, 6) is -1.18. The summed E-state index contributed by atoms with van der Waals surface area (Å²) in [7, 11) is 0. The molecule has 2 aromatic carbocycles. The van der Waals surface area contributed by atoms with E-state index in [1.54, 1.807) is 0 Å². The molecule has 27 heavy (non-hydrogen) atoms. The van der Waals surface area contributed by atoms with E-state index in [4.69, 9.17) is 4.74 Å². The smallest absolute Gasteiger partial charge is 0.546 e. The predicted molar refractivity (Wildman–Crippen MR) is 82.9 cm³/mol. The maximum atomic E-state index is 12.7. The van der Waals surface area contributed by atoms with Gasteiger partial charge in [-0.25, -0.2) is 0 Å². The van der Waals surface area contributed by atoms with Crippen molar-refractivity contribution < 1.29 is 62.3 Å². The number of benzene rings is 2. The molecule has 0 fully saturated rings. The number of nitro groups is 1. The second-order valence-corrected chi connectivity index (χ2v) is 5.22. The molecule has 2 aromatic rings. The summed E-state index contributed by atoms with van der Waals surface area (Å²) in [6.45, 7) is 1.28. The van der Waals surface area contributed by atoms with Crippen molar-refractivity contribution in [3.05, 3.63) is 58.1 Å². The van der Waals surface area contributed by atoms with Gasteiger partial charge in [0.15, 0.2) is 0 Å². The van der Waals surface area contributed by atoms with Crippen molar-refractivity contribution in [3.63, 3.8) is 0 Å². The van der Waals surface area contributed by atoms with Gasteiger partial charge >= 0.3 is 35.7 Å². The first-order valence-corrected chi connectivity index (χ1v) is 7.18. The van der Waals surface area contributed by atoms with E-state index in [2.05, 4.69) is 5.32 Å². The molecule has 1 N–H and O–H groups in total. The molecule has 0 radical (unpaired) electrons. The number of aliphatic carboxylic acids is 1. The average molecular weight is 392 g/mol. The molecule has 7 nitrogen and oxygen atoms in total. The molecular formula is C16H12F3N2NaO5. The largest absolute Gasteiger partial charge is 1.00 e. The first-order valence-electron chi connectivity index (χ1n) is 7.18. The number of nitrogens with zero attached hydrogens (tertiary/aromatic N) is 1. The molecule has 0 aliphatic carbocycles. The summed E-state index contributed by atoms with van der Waals surface area (Å²) in [5.41, 5.74) is -1.65. The summed E-state index contributed by atoms with van der Waals surface area (Å²) in [4.78, 5) is 20.7. The van der Waals surface area contributed by atoms with Gasteiger partial charge in [-0.15, -0.1) is 0 Å². The average Bonchev–Trinajstić information content (AvgIpc) is 2.55. The van der Waals surface area contributed by atoms with Gasteiger partial charge in [0.05, 0.1) is 16.5 Å². The number of anilines is 2. The summed E-state index contributed by atoms with van der Waals surface area (Å²) >= 11 is 0. The van der Waals surface area contributed by atoms with Gasteiger partial charge in [0.25, 0.3) is 5.69 Å². The maximum Gasteiger partial charge on any atom is 1.00 e. The van der Waals surface area contributed by atoms with Gasteiger partial charge < -0.3 is 20.0 Å². The SMILES string of the molecule is CC(Oc1ccc(Nc2ccc(C(F)(F)F)cc2[N+](=O)[O-])cc1)C(=O)[O-].[Na+]. The molecule has 2 rings (SSSR count). The van der Waals surface area contributed by atoms with E-state index in [-0.39, 0.29) is 41.0 Å². The molecule has 11 heteroatoms. The van der Waals surface area contributed by atoms with Crippen molar-refractivity contribution in [1.29, 1.82) is 0 Å². The molecule has 0 aliphatic heterocycles. The minimum Gasteiger partial charge on any atom is -0.546 e. The number of carboxylic acid groups (broad SMARTS) is 1. The van der Waals surface area contributed by atoms with E-state index in [0.29, 0.717) is 11.8 Å². The maximum absolute atomic E-state index is 12.7. The Morgan fingerprint density at radius 1 is 1.19 bits per heavy atom. The third-order valence-electron chi connectivity index (χ3n) is 3.30. The van der Waals surface area contributed by atoms with Crippen LogP contribution in [0.15, 0.2) is 42.5 Å². The number of hydrogen-bond donors (Lipinski definition) is 1. The van der Waals surface area contributed by atoms with Crippen molar-refractivity contribution in [2.24, 2.45) is 0 Å². The number of hydrogen-bond acceptors (Lipinski definition) is 6. The first-order chi connectivity index (χ1) is 12.1. The zero-order valence-electron chi connectivity index (χ0n) is 14.2. The van der Waals surface area contributed by atoms with Crippen LogP contribution in [0.3, 0.4) is 0 Å². The molecule has 1 atom stereocenters. The quantitative estimate of drug-likeness (QED) is 0.418. The van der Waals surface area contributed by atoms with Crippen LogP contribution in [0, 0.1) is 10.1 Å². The second-order valence-electron chi connectivity index (χ2n) is 5.22. The van der Waals surface area contributed by atoms with E-state index in [1.165, 1.54) is 31.2 Å². The zero-order valence-corrected chi connectivity index (χ0v) is 16.2. The first kappa shape index (κ1) is 22.7. The molecule has 0 aliphatic rings. The predicted octanol–water partition coefficient (Wildman–Crippen LogP) is -0.122. The molecule has 0 aromatic heterocycles. The van der Waals surface area contributed by atoms with Gasteiger partial charge in [0, 0.05) is 11.8 Å². The van der Waals surface area contributed by atoms with Crippen LogP contribution < -0.4 is 44.7 Å². The van der Waals surface area contributed by atoms with Crippen LogP contribution in [0.25, 0.3) is 0 Å². The number of alkyl halides is 3. The Balaban J connectivity index is 0.00000364. The van der Waals surface area contributed by atoms with Crippen molar-refractivity contribution in [2.75, 3.05) is 5.32 Å². The number of nitrogens with one attached hydrogen (secondary N) is 1. The summed E-state index contributed by atoms with van der Waals surface area (Å²) in [6.07, 6.45) is -5.87. The molecule has 0 saturated carbocycles. The number of rotatable bonds is 6.